The Morgan fingerprint density at radius 1 is 0.337 bits per heavy atom. The molecule has 8 aromatic rings. The zero-order valence-corrected chi connectivity index (χ0v) is 60.1. The Kier molecular flexibility index (Phi) is 19.8. The van der Waals surface area contributed by atoms with Gasteiger partial charge in [0.2, 0.25) is 0 Å². The Morgan fingerprint density at radius 2 is 0.607 bits per heavy atom. The zero-order chi connectivity index (χ0) is 61.4. The summed E-state index contributed by atoms with van der Waals surface area (Å²) in [5.74, 6) is 0. The molecule has 4 heterocycles. The fourth-order valence-corrected chi connectivity index (χ4v) is 64.4. The third-order valence-corrected chi connectivity index (χ3v) is 57.1. The van der Waals surface area contributed by atoms with Crippen molar-refractivity contribution >= 4 is 130 Å². The van der Waals surface area contributed by atoms with E-state index in [1.54, 1.807) is 19.3 Å². The van der Waals surface area contributed by atoms with Gasteiger partial charge in [0.05, 0.1) is 13.2 Å². The molecule has 0 N–H and O–H groups in total. The van der Waals surface area contributed by atoms with Crippen molar-refractivity contribution in [2.45, 2.75) is 38.0 Å². The van der Waals surface area contributed by atoms with Crippen molar-refractivity contribution in [3.63, 3.8) is 0 Å². The van der Waals surface area contributed by atoms with Crippen LogP contribution in [0.15, 0.2) is 268 Å². The van der Waals surface area contributed by atoms with Crippen LogP contribution in [0.3, 0.4) is 0 Å². The van der Waals surface area contributed by atoms with E-state index in [1.165, 1.54) is 0 Å². The van der Waals surface area contributed by atoms with Crippen LogP contribution in [0.2, 0.25) is 25.2 Å². The molecular weight excluding hydrogens is 1290 g/mol. The van der Waals surface area contributed by atoms with Crippen LogP contribution in [-0.2, 0) is 67.4 Å². The molecule has 0 spiro atoms. The van der Waals surface area contributed by atoms with Crippen molar-refractivity contribution in [3.8, 4) is 0 Å². The first-order chi connectivity index (χ1) is 43.4. The van der Waals surface area contributed by atoms with Crippen molar-refractivity contribution in [1.82, 2.24) is 0 Å². The monoisotopic (exact) mass is 1360 g/mol. The summed E-state index contributed by atoms with van der Waals surface area (Å²) in [4.78, 5) is 0. The number of benzene rings is 8. The molecule has 0 saturated carbocycles. The van der Waals surface area contributed by atoms with Crippen LogP contribution in [0.25, 0.3) is 0 Å². The van der Waals surface area contributed by atoms with Gasteiger partial charge in [0.1, 0.15) is 0 Å². The van der Waals surface area contributed by atoms with E-state index < -0.39 is 88.0 Å². The number of hydrogen-bond acceptors (Lipinski definition) is 16. The fraction of sp³-hybridized carbons (Fsp3) is 0.175. The summed E-state index contributed by atoms with van der Waals surface area (Å²) in [6.07, 6.45) is 4.40. The molecule has 6 bridgehead atoms. The molecule has 10 atom stereocenters. The lowest BCUT2D eigenvalue weighted by Crippen LogP contribution is -2.89. The number of hydrogen-bond donors (Lipinski definition) is 0. The Morgan fingerprint density at radius 3 is 0.955 bits per heavy atom. The van der Waals surface area contributed by atoms with Crippen LogP contribution < -0.4 is 41.5 Å². The third-order valence-electron chi connectivity index (χ3n) is 15.3. The van der Waals surface area contributed by atoms with Crippen LogP contribution in [0.5, 0.6) is 0 Å². The van der Waals surface area contributed by atoms with E-state index in [1.807, 2.05) is 256 Å². The predicted molar refractivity (Wildman–Crippen MR) is 361 cm³/mol. The average molecular weight is 1370 g/mol. The van der Waals surface area contributed by atoms with E-state index in [2.05, 4.69) is 13.2 Å². The zero-order valence-electron chi connectivity index (χ0n) is 49.9. The van der Waals surface area contributed by atoms with Crippen LogP contribution in [0.1, 0.15) is 12.8 Å². The molecule has 0 amide bonds. The van der Waals surface area contributed by atoms with Crippen LogP contribution in [0.4, 0.5) is 0 Å². The van der Waals surface area contributed by atoms with Gasteiger partial charge in [-0.2, -0.15) is 0 Å². The van der Waals surface area contributed by atoms with Gasteiger partial charge in [-0.1, -0.05) is 255 Å². The minimum absolute atomic E-state index is 0.305. The Bertz CT molecular complexity index is 3600. The largest absolute Gasteiger partial charge is 0.520 e. The first kappa shape index (κ1) is 63.9. The summed E-state index contributed by atoms with van der Waals surface area (Å²) in [6, 6.07) is 78.6. The number of ether oxygens (including phenoxy) is 2. The highest BCUT2D eigenvalue weighted by molar-refractivity contribution is 7.10. The molecule has 0 radical (unpaired) electrons. The third kappa shape index (κ3) is 13.5. The first-order valence-electron chi connectivity index (χ1n) is 29.8. The fourth-order valence-electron chi connectivity index (χ4n) is 11.3. The average Bonchev–Trinajstić information content (AvgIpc) is 0.728. The van der Waals surface area contributed by atoms with Gasteiger partial charge in [0.25, 0.3) is 0 Å². The van der Waals surface area contributed by atoms with Gasteiger partial charge in [-0.3, -0.25) is 0 Å². The lowest BCUT2D eigenvalue weighted by molar-refractivity contribution is 0.0504. The SMILES string of the molecule is C=CCOCCC[Si]1(C)O[Si](OC)(c2ccccc2)O[Si]2(c3ccccc3)O[Si]3(c4ccccc4)O[SiH](c4ccccc4)O[Si]4(c5ccccc5)O[Si](c5ccccc5)(O1)O[Si](c1ccccc1)(O[Si](c1ccccc1)(O[Si](C)(CCCOCC=C)O3)O4)O2. The van der Waals surface area contributed by atoms with Crippen LogP contribution >= 0.6 is 0 Å². The molecule has 4 saturated heterocycles. The second kappa shape index (κ2) is 27.5. The summed E-state index contributed by atoms with van der Waals surface area (Å²) in [5.41, 5.74) is 0. The van der Waals surface area contributed by atoms with Crippen molar-refractivity contribution in [3.05, 3.63) is 268 Å². The topological polar surface area (TPSA) is 148 Å². The molecule has 89 heavy (non-hydrogen) atoms. The summed E-state index contributed by atoms with van der Waals surface area (Å²) in [7, 11) is -45.6. The lowest BCUT2D eigenvalue weighted by atomic mass is 10.4. The number of fused-ring (bicyclic) bond motifs is 6. The van der Waals surface area contributed by atoms with Gasteiger partial charge in [-0.15, -0.1) is 13.2 Å². The van der Waals surface area contributed by atoms with Gasteiger partial charge in [0.15, 0.2) is 0 Å². The van der Waals surface area contributed by atoms with Crippen LogP contribution in [-0.4, -0.2) is 122 Å². The van der Waals surface area contributed by atoms with Crippen molar-refractivity contribution in [2.24, 2.45) is 0 Å². The van der Waals surface area contributed by atoms with E-state index in [9.17, 15) is 0 Å². The minimum Gasteiger partial charge on any atom is -0.391 e. The summed E-state index contributed by atoms with van der Waals surface area (Å²) < 4.78 is 129. The van der Waals surface area contributed by atoms with Gasteiger partial charge in [0, 0.05) is 56.6 Å². The molecule has 12 rings (SSSR count). The van der Waals surface area contributed by atoms with E-state index in [-0.39, 0.29) is 0 Å². The first-order valence-corrected chi connectivity index (χ1v) is 48.4. The summed E-state index contributed by atoms with van der Waals surface area (Å²) in [5, 5.41) is 4.51. The standard InChI is InChI=1S/C63H72O16Si10/c1-6-50-65-52-32-54-81(4)69-83(64-3,57-36-18-9-19-37-57)73-88(62-46-28-14-29-47-62)74-84(58-38-20-10-21-39-58)67-80(56-34-16-8-17-35-56)68-85(59-40-22-11-23-41-59)75-86(71-81,60-42-24-12-25-43-60)77-89(79-88,63-48-30-15-31-49-63)78-87(76-85,61-44-26-13-27-45-61)72-82(5,70-84)55-33-53-66-51-7-2/h6-31,34-49,80H,1-2,32-33,50-55H2,3-5H3. The smallest absolute Gasteiger partial charge is 0.391 e. The maximum atomic E-state index is 8.63. The van der Waals surface area contributed by atoms with E-state index in [0.29, 0.717) is 92.9 Å². The molecule has 4 fully saturated rings. The quantitative estimate of drug-likeness (QED) is 0.0451. The van der Waals surface area contributed by atoms with Gasteiger partial charge in [-0.05, 0) is 43.2 Å². The molecular formula is C63H72O16Si10. The molecule has 4 aliphatic heterocycles. The second-order valence-electron chi connectivity index (χ2n) is 22.0. The highest BCUT2D eigenvalue weighted by Crippen LogP contribution is 2.45. The maximum absolute atomic E-state index is 8.63. The van der Waals surface area contributed by atoms with E-state index in [0.717, 1.165) is 0 Å². The van der Waals surface area contributed by atoms with Crippen molar-refractivity contribution in [1.29, 1.82) is 0 Å². The summed E-state index contributed by atoms with van der Waals surface area (Å²) >= 11 is 0. The summed E-state index contributed by atoms with van der Waals surface area (Å²) in [6.45, 7) is 13.3. The van der Waals surface area contributed by atoms with Crippen molar-refractivity contribution < 1.29 is 67.4 Å². The van der Waals surface area contributed by atoms with Gasteiger partial charge >= 0.3 is 88.0 Å². The normalized spacial score (nSPS) is 31.2. The molecule has 26 heteroatoms. The van der Waals surface area contributed by atoms with Crippen molar-refractivity contribution in [2.75, 3.05) is 33.5 Å². The van der Waals surface area contributed by atoms with E-state index >= 15 is 0 Å². The molecule has 0 aromatic heterocycles. The predicted octanol–water partition coefficient (Wildman–Crippen LogP) is 6.28. The Labute approximate surface area is 532 Å². The van der Waals surface area contributed by atoms with Crippen LogP contribution in [0, 0.1) is 0 Å². The molecule has 4 aliphatic rings. The highest BCUT2D eigenvalue weighted by atomic mass is 28.6. The second-order valence-corrected chi connectivity index (χ2v) is 51.9. The van der Waals surface area contributed by atoms with Gasteiger partial charge in [-0.25, -0.2) is 0 Å². The Balaban J connectivity index is 1.32. The minimum atomic E-state index is -5.26. The number of rotatable bonds is 21. The molecule has 16 nitrogen and oxygen atoms in total. The lowest BCUT2D eigenvalue weighted by Gasteiger charge is -2.58. The molecule has 460 valence electrons. The maximum Gasteiger partial charge on any atom is 0.520 e. The molecule has 0 aliphatic carbocycles. The Hall–Kier alpha value is -5.23. The molecule has 10 unspecified atom stereocenters. The molecule has 8 aromatic carbocycles. The van der Waals surface area contributed by atoms with Gasteiger partial charge < -0.3 is 67.4 Å². The highest BCUT2D eigenvalue weighted by Gasteiger charge is 2.79. The van der Waals surface area contributed by atoms with E-state index in [4.69, 9.17) is 67.4 Å².